The topological polar surface area (TPSA) is 66.4 Å². The van der Waals surface area contributed by atoms with Gasteiger partial charge in [0.25, 0.3) is 0 Å². The second kappa shape index (κ2) is 3.79. The molecule has 0 bridgehead atoms. The Hall–Kier alpha value is -1.55. The lowest BCUT2D eigenvalue weighted by Crippen LogP contribution is -2.20. The lowest BCUT2D eigenvalue weighted by molar-refractivity contribution is -0.116. The Balaban J connectivity index is 2.63. The SMILES string of the molecule is Cc1c(Cl)c(C(=O)O)cc2c1NC(=O)CC2. The molecular formula is C11H10ClNO3. The van der Waals surface area contributed by atoms with Gasteiger partial charge in [-0.1, -0.05) is 11.6 Å². The van der Waals surface area contributed by atoms with Crippen LogP contribution in [0.4, 0.5) is 5.69 Å². The van der Waals surface area contributed by atoms with Crippen molar-refractivity contribution in [2.24, 2.45) is 0 Å². The maximum atomic E-state index is 11.2. The minimum atomic E-state index is -1.05. The molecule has 5 heteroatoms. The standard InChI is InChI=1S/C11H10ClNO3/c1-5-9(12)7(11(15)16)4-6-2-3-8(14)13-10(5)6/h4H,2-3H2,1H3,(H,13,14)(H,15,16). The Kier molecular flexibility index (Phi) is 2.59. The maximum Gasteiger partial charge on any atom is 0.337 e. The van der Waals surface area contributed by atoms with E-state index in [4.69, 9.17) is 16.7 Å². The summed E-state index contributed by atoms with van der Waals surface area (Å²) in [6, 6.07) is 1.53. The smallest absolute Gasteiger partial charge is 0.337 e. The molecule has 0 radical (unpaired) electrons. The van der Waals surface area contributed by atoms with E-state index in [2.05, 4.69) is 5.32 Å². The molecule has 16 heavy (non-hydrogen) atoms. The van der Waals surface area contributed by atoms with Crippen LogP contribution in [0.5, 0.6) is 0 Å². The molecule has 1 aliphatic heterocycles. The number of amides is 1. The summed E-state index contributed by atoms with van der Waals surface area (Å²) >= 11 is 5.94. The second-order valence-corrected chi connectivity index (χ2v) is 4.13. The minimum absolute atomic E-state index is 0.0604. The van der Waals surface area contributed by atoms with Crippen LogP contribution >= 0.6 is 11.6 Å². The van der Waals surface area contributed by atoms with Gasteiger partial charge in [0.1, 0.15) is 0 Å². The van der Waals surface area contributed by atoms with Gasteiger partial charge in [0.2, 0.25) is 5.91 Å². The third-order valence-corrected chi connectivity index (χ3v) is 3.18. The first kappa shape index (κ1) is 11.0. The summed E-state index contributed by atoms with van der Waals surface area (Å²) in [5.41, 5.74) is 2.20. The van der Waals surface area contributed by atoms with Gasteiger partial charge in [-0.25, -0.2) is 4.79 Å². The molecule has 2 N–H and O–H groups in total. The zero-order valence-corrected chi connectivity index (χ0v) is 9.39. The van der Waals surface area contributed by atoms with Crippen molar-refractivity contribution in [1.82, 2.24) is 0 Å². The highest BCUT2D eigenvalue weighted by Gasteiger charge is 2.22. The summed E-state index contributed by atoms with van der Waals surface area (Å²) < 4.78 is 0. The molecule has 84 valence electrons. The number of rotatable bonds is 1. The third-order valence-electron chi connectivity index (χ3n) is 2.70. The Morgan fingerprint density at radius 1 is 1.50 bits per heavy atom. The third kappa shape index (κ3) is 1.65. The molecule has 0 saturated carbocycles. The lowest BCUT2D eigenvalue weighted by Gasteiger charge is -2.20. The number of halogens is 1. The number of anilines is 1. The van der Waals surface area contributed by atoms with Gasteiger partial charge >= 0.3 is 5.97 Å². The van der Waals surface area contributed by atoms with Crippen molar-refractivity contribution >= 4 is 29.2 Å². The summed E-state index contributed by atoms with van der Waals surface area (Å²) in [6.07, 6.45) is 0.937. The number of benzene rings is 1. The highest BCUT2D eigenvalue weighted by atomic mass is 35.5. The zero-order valence-electron chi connectivity index (χ0n) is 8.63. The average molecular weight is 240 g/mol. The van der Waals surface area contributed by atoms with Crippen molar-refractivity contribution in [2.75, 3.05) is 5.32 Å². The van der Waals surface area contributed by atoms with E-state index >= 15 is 0 Å². The molecule has 0 atom stereocenters. The van der Waals surface area contributed by atoms with E-state index in [0.717, 1.165) is 5.56 Å². The van der Waals surface area contributed by atoms with Crippen LogP contribution in [-0.2, 0) is 11.2 Å². The number of carbonyl (C=O) groups excluding carboxylic acids is 1. The molecule has 1 aliphatic rings. The molecule has 0 saturated heterocycles. The van der Waals surface area contributed by atoms with Crippen LogP contribution in [0.3, 0.4) is 0 Å². The fourth-order valence-corrected chi connectivity index (χ4v) is 2.07. The molecule has 1 aromatic rings. The predicted molar refractivity (Wildman–Crippen MR) is 60.1 cm³/mol. The molecule has 2 rings (SSSR count). The molecule has 0 aliphatic carbocycles. The fraction of sp³-hybridized carbons (Fsp3) is 0.273. The summed E-state index contributed by atoms with van der Waals surface area (Å²) in [7, 11) is 0. The average Bonchev–Trinajstić information content (AvgIpc) is 2.23. The zero-order chi connectivity index (χ0) is 11.9. The molecular weight excluding hydrogens is 230 g/mol. The number of hydrogen-bond acceptors (Lipinski definition) is 2. The van der Waals surface area contributed by atoms with Crippen molar-refractivity contribution < 1.29 is 14.7 Å². The number of carboxylic acid groups (broad SMARTS) is 1. The Labute approximate surface area is 97.2 Å². The molecule has 0 unspecified atom stereocenters. The fourth-order valence-electron chi connectivity index (χ4n) is 1.84. The highest BCUT2D eigenvalue weighted by Crippen LogP contribution is 2.34. The van der Waals surface area contributed by atoms with E-state index in [1.165, 1.54) is 6.07 Å². The highest BCUT2D eigenvalue weighted by molar-refractivity contribution is 6.34. The predicted octanol–water partition coefficient (Wildman–Crippen LogP) is 2.23. The van der Waals surface area contributed by atoms with Gasteiger partial charge in [-0.2, -0.15) is 0 Å². The number of nitrogens with one attached hydrogen (secondary N) is 1. The van der Waals surface area contributed by atoms with E-state index < -0.39 is 5.97 Å². The van der Waals surface area contributed by atoms with E-state index in [-0.39, 0.29) is 16.5 Å². The van der Waals surface area contributed by atoms with E-state index in [1.54, 1.807) is 6.92 Å². The largest absolute Gasteiger partial charge is 0.478 e. The Bertz CT molecular complexity index is 496. The van der Waals surface area contributed by atoms with Crippen LogP contribution < -0.4 is 5.32 Å². The number of hydrogen-bond donors (Lipinski definition) is 2. The van der Waals surface area contributed by atoms with Crippen LogP contribution in [0.25, 0.3) is 0 Å². The van der Waals surface area contributed by atoms with Gasteiger partial charge in [0.15, 0.2) is 0 Å². The van der Waals surface area contributed by atoms with Crippen molar-refractivity contribution in [3.63, 3.8) is 0 Å². The number of aryl methyl sites for hydroxylation is 1. The van der Waals surface area contributed by atoms with Gasteiger partial charge in [-0.05, 0) is 30.5 Å². The molecule has 0 fully saturated rings. The van der Waals surface area contributed by atoms with Crippen molar-refractivity contribution in [3.8, 4) is 0 Å². The summed E-state index contributed by atoms with van der Waals surface area (Å²) in [4.78, 5) is 22.2. The Morgan fingerprint density at radius 3 is 2.81 bits per heavy atom. The van der Waals surface area contributed by atoms with Crippen molar-refractivity contribution in [3.05, 3.63) is 27.8 Å². The molecule has 0 aromatic heterocycles. The van der Waals surface area contributed by atoms with Gasteiger partial charge in [0, 0.05) is 12.1 Å². The number of aromatic carboxylic acids is 1. The van der Waals surface area contributed by atoms with Gasteiger partial charge < -0.3 is 10.4 Å². The first-order valence-corrected chi connectivity index (χ1v) is 5.23. The first-order valence-electron chi connectivity index (χ1n) is 4.86. The normalized spacial score (nSPS) is 14.2. The first-order chi connectivity index (χ1) is 7.50. The number of carboxylic acids is 1. The van der Waals surface area contributed by atoms with Crippen LogP contribution in [0.1, 0.15) is 27.9 Å². The van der Waals surface area contributed by atoms with Crippen molar-refractivity contribution in [1.29, 1.82) is 0 Å². The molecule has 0 spiro atoms. The summed E-state index contributed by atoms with van der Waals surface area (Å²) in [5, 5.41) is 11.9. The molecule has 1 aromatic carbocycles. The van der Waals surface area contributed by atoms with Crippen LogP contribution in [0, 0.1) is 6.92 Å². The van der Waals surface area contributed by atoms with Gasteiger partial charge in [0.05, 0.1) is 10.6 Å². The summed E-state index contributed by atoms with van der Waals surface area (Å²) in [5.74, 6) is -1.11. The maximum absolute atomic E-state index is 11.2. The minimum Gasteiger partial charge on any atom is -0.478 e. The monoisotopic (exact) mass is 239 g/mol. The van der Waals surface area contributed by atoms with E-state index in [9.17, 15) is 9.59 Å². The van der Waals surface area contributed by atoms with Crippen molar-refractivity contribution in [2.45, 2.75) is 19.8 Å². The quantitative estimate of drug-likeness (QED) is 0.790. The lowest BCUT2D eigenvalue weighted by atomic mass is 9.96. The van der Waals surface area contributed by atoms with Gasteiger partial charge in [-0.15, -0.1) is 0 Å². The van der Waals surface area contributed by atoms with E-state index in [0.29, 0.717) is 24.1 Å². The summed E-state index contributed by atoms with van der Waals surface area (Å²) in [6.45, 7) is 1.71. The number of carbonyl (C=O) groups is 2. The molecule has 4 nitrogen and oxygen atoms in total. The van der Waals surface area contributed by atoms with Crippen LogP contribution in [-0.4, -0.2) is 17.0 Å². The van der Waals surface area contributed by atoms with Gasteiger partial charge in [-0.3, -0.25) is 4.79 Å². The Morgan fingerprint density at radius 2 is 2.19 bits per heavy atom. The van der Waals surface area contributed by atoms with Crippen LogP contribution in [0.15, 0.2) is 6.07 Å². The second-order valence-electron chi connectivity index (χ2n) is 3.75. The van der Waals surface area contributed by atoms with Crippen LogP contribution in [0.2, 0.25) is 5.02 Å². The molecule has 1 heterocycles. The van der Waals surface area contributed by atoms with E-state index in [1.807, 2.05) is 0 Å². The number of fused-ring (bicyclic) bond motifs is 1. The molecule has 1 amide bonds.